The molecule has 3 heteroatoms. The topological polar surface area (TPSA) is 30.5 Å². The summed E-state index contributed by atoms with van der Waals surface area (Å²) in [5.74, 6) is 1.54. The highest BCUT2D eigenvalue weighted by atomic mass is 16.5. The number of aryl methyl sites for hydroxylation is 1. The van der Waals surface area contributed by atoms with Gasteiger partial charge in [-0.25, -0.2) is 0 Å². The molecule has 100 valence electrons. The average Bonchev–Trinajstić information content (AvgIpc) is 2.94. The molecule has 0 aromatic heterocycles. The number of hydrogen-bond donors (Lipinski definition) is 1. The van der Waals surface area contributed by atoms with Gasteiger partial charge in [-0.05, 0) is 37.6 Å². The molecule has 0 saturated carbocycles. The molecule has 1 aromatic rings. The minimum atomic E-state index is 0.373. The molecule has 1 aromatic carbocycles. The summed E-state index contributed by atoms with van der Waals surface area (Å²) in [6.07, 6.45) is 2.17. The van der Waals surface area contributed by atoms with Gasteiger partial charge in [-0.1, -0.05) is 19.1 Å². The summed E-state index contributed by atoms with van der Waals surface area (Å²) in [5.41, 5.74) is 1.32. The second-order valence-corrected chi connectivity index (χ2v) is 4.83. The molecule has 0 aliphatic carbocycles. The first-order valence-electron chi connectivity index (χ1n) is 6.80. The molecule has 0 spiro atoms. The maximum absolute atomic E-state index is 5.90. The van der Waals surface area contributed by atoms with E-state index in [4.69, 9.17) is 9.47 Å². The number of nitrogens with one attached hydrogen (secondary N) is 1. The van der Waals surface area contributed by atoms with E-state index in [2.05, 4.69) is 30.4 Å². The quantitative estimate of drug-likeness (QED) is 0.839. The Hall–Kier alpha value is -1.06. The van der Waals surface area contributed by atoms with Crippen molar-refractivity contribution in [2.24, 2.45) is 5.92 Å². The normalized spacial score (nSPS) is 20.9. The van der Waals surface area contributed by atoms with Crippen molar-refractivity contribution in [2.45, 2.75) is 25.8 Å². The maximum atomic E-state index is 5.90. The molecule has 1 fully saturated rings. The van der Waals surface area contributed by atoms with Crippen LogP contribution in [0.15, 0.2) is 24.3 Å². The van der Waals surface area contributed by atoms with Crippen LogP contribution in [0.1, 0.15) is 18.9 Å². The Balaban J connectivity index is 1.88. The fourth-order valence-electron chi connectivity index (χ4n) is 2.37. The van der Waals surface area contributed by atoms with E-state index >= 15 is 0 Å². The third kappa shape index (κ3) is 3.47. The van der Waals surface area contributed by atoms with Gasteiger partial charge in [0.05, 0.1) is 6.61 Å². The summed E-state index contributed by atoms with van der Waals surface area (Å²) in [7, 11) is 1.99. The molecule has 1 aliphatic rings. The van der Waals surface area contributed by atoms with E-state index < -0.39 is 0 Å². The predicted octanol–water partition coefficient (Wildman–Crippen LogP) is 2.25. The van der Waals surface area contributed by atoms with Gasteiger partial charge in [0.2, 0.25) is 0 Å². The first-order valence-corrected chi connectivity index (χ1v) is 6.80. The van der Waals surface area contributed by atoms with E-state index in [9.17, 15) is 0 Å². The molecular formula is C15H23NO2. The summed E-state index contributed by atoms with van der Waals surface area (Å²) in [6.45, 7) is 4.60. The smallest absolute Gasteiger partial charge is 0.119 e. The molecule has 1 N–H and O–H groups in total. The van der Waals surface area contributed by atoms with Gasteiger partial charge in [0.25, 0.3) is 0 Å². The Bertz CT molecular complexity index is 361. The van der Waals surface area contributed by atoms with Crippen LogP contribution in [-0.4, -0.2) is 32.9 Å². The summed E-state index contributed by atoms with van der Waals surface area (Å²) < 4.78 is 11.3. The summed E-state index contributed by atoms with van der Waals surface area (Å²) in [6, 6.07) is 8.71. The van der Waals surface area contributed by atoms with Crippen LogP contribution < -0.4 is 10.1 Å². The largest absolute Gasteiger partial charge is 0.492 e. The van der Waals surface area contributed by atoms with Gasteiger partial charge in [0.15, 0.2) is 0 Å². The van der Waals surface area contributed by atoms with Crippen molar-refractivity contribution < 1.29 is 9.47 Å². The van der Waals surface area contributed by atoms with Gasteiger partial charge in [-0.3, -0.25) is 0 Å². The molecule has 1 saturated heterocycles. The molecular weight excluding hydrogens is 226 g/mol. The molecule has 2 unspecified atom stereocenters. The van der Waals surface area contributed by atoms with Crippen molar-refractivity contribution in [3.8, 4) is 5.75 Å². The highest BCUT2D eigenvalue weighted by Crippen LogP contribution is 2.19. The maximum Gasteiger partial charge on any atom is 0.119 e. The van der Waals surface area contributed by atoms with Crippen molar-refractivity contribution in [1.82, 2.24) is 5.32 Å². The number of likely N-dealkylation sites (N-methyl/N-ethyl adjacent to an activating group) is 1. The Morgan fingerprint density at radius 1 is 1.50 bits per heavy atom. The lowest BCUT2D eigenvalue weighted by Gasteiger charge is -2.22. The van der Waals surface area contributed by atoms with E-state index in [1.54, 1.807) is 0 Å². The minimum Gasteiger partial charge on any atom is -0.492 e. The number of rotatable bonds is 6. The van der Waals surface area contributed by atoms with Crippen LogP contribution in [0, 0.1) is 5.92 Å². The Morgan fingerprint density at radius 2 is 2.39 bits per heavy atom. The standard InChI is InChI=1S/C15H23NO2/c1-3-12-5-4-6-14(9-12)18-11-15(16-2)13-7-8-17-10-13/h4-6,9,13,15-16H,3,7-8,10-11H2,1-2H3. The second-order valence-electron chi connectivity index (χ2n) is 4.83. The average molecular weight is 249 g/mol. The molecule has 1 heterocycles. The first kappa shape index (κ1) is 13.4. The zero-order chi connectivity index (χ0) is 12.8. The van der Waals surface area contributed by atoms with E-state index in [1.165, 1.54) is 5.56 Å². The van der Waals surface area contributed by atoms with Crippen molar-refractivity contribution in [1.29, 1.82) is 0 Å². The molecule has 18 heavy (non-hydrogen) atoms. The van der Waals surface area contributed by atoms with Crippen LogP contribution in [0.5, 0.6) is 5.75 Å². The highest BCUT2D eigenvalue weighted by Gasteiger charge is 2.24. The van der Waals surface area contributed by atoms with Crippen molar-refractivity contribution in [3.63, 3.8) is 0 Å². The van der Waals surface area contributed by atoms with Gasteiger partial charge in [0.1, 0.15) is 12.4 Å². The van der Waals surface area contributed by atoms with Crippen LogP contribution >= 0.6 is 0 Å². The Kier molecular flexibility index (Phi) is 5.02. The predicted molar refractivity (Wildman–Crippen MR) is 73.1 cm³/mol. The van der Waals surface area contributed by atoms with E-state index in [0.29, 0.717) is 18.6 Å². The lowest BCUT2D eigenvalue weighted by Crippen LogP contribution is -2.39. The van der Waals surface area contributed by atoms with Crippen LogP contribution in [0.3, 0.4) is 0 Å². The highest BCUT2D eigenvalue weighted by molar-refractivity contribution is 5.28. The molecule has 2 rings (SSSR count). The number of hydrogen-bond acceptors (Lipinski definition) is 3. The van der Waals surface area contributed by atoms with Gasteiger partial charge in [0, 0.05) is 18.6 Å². The molecule has 0 amide bonds. The third-order valence-corrected chi connectivity index (χ3v) is 3.64. The van der Waals surface area contributed by atoms with Crippen LogP contribution in [0.25, 0.3) is 0 Å². The second kappa shape index (κ2) is 6.76. The van der Waals surface area contributed by atoms with Crippen molar-refractivity contribution in [3.05, 3.63) is 29.8 Å². The van der Waals surface area contributed by atoms with Gasteiger partial charge in [-0.2, -0.15) is 0 Å². The number of ether oxygens (including phenoxy) is 2. The fraction of sp³-hybridized carbons (Fsp3) is 0.600. The monoisotopic (exact) mass is 249 g/mol. The van der Waals surface area contributed by atoms with E-state index in [1.807, 2.05) is 13.1 Å². The van der Waals surface area contributed by atoms with Gasteiger partial charge >= 0.3 is 0 Å². The zero-order valence-electron chi connectivity index (χ0n) is 11.3. The summed E-state index contributed by atoms with van der Waals surface area (Å²) in [5, 5.41) is 3.34. The lowest BCUT2D eigenvalue weighted by molar-refractivity contribution is 0.162. The lowest BCUT2D eigenvalue weighted by atomic mass is 10.00. The molecule has 2 atom stereocenters. The first-order chi connectivity index (χ1) is 8.83. The van der Waals surface area contributed by atoms with Crippen molar-refractivity contribution in [2.75, 3.05) is 26.9 Å². The van der Waals surface area contributed by atoms with Crippen LogP contribution in [0.2, 0.25) is 0 Å². The minimum absolute atomic E-state index is 0.373. The summed E-state index contributed by atoms with van der Waals surface area (Å²) in [4.78, 5) is 0. The van der Waals surface area contributed by atoms with E-state index in [-0.39, 0.29) is 0 Å². The zero-order valence-corrected chi connectivity index (χ0v) is 11.3. The van der Waals surface area contributed by atoms with Crippen molar-refractivity contribution >= 4 is 0 Å². The van der Waals surface area contributed by atoms with Gasteiger partial charge < -0.3 is 14.8 Å². The molecule has 3 nitrogen and oxygen atoms in total. The molecule has 0 bridgehead atoms. The number of benzene rings is 1. The Labute approximate surface area is 109 Å². The molecule has 0 radical (unpaired) electrons. The van der Waals surface area contributed by atoms with Gasteiger partial charge in [-0.15, -0.1) is 0 Å². The van der Waals surface area contributed by atoms with E-state index in [0.717, 1.165) is 31.8 Å². The SMILES string of the molecule is CCc1cccc(OCC(NC)C2CCOC2)c1. The van der Waals surface area contributed by atoms with Crippen LogP contribution in [-0.2, 0) is 11.2 Å². The third-order valence-electron chi connectivity index (χ3n) is 3.64. The fourth-order valence-corrected chi connectivity index (χ4v) is 2.37. The summed E-state index contributed by atoms with van der Waals surface area (Å²) >= 11 is 0. The van der Waals surface area contributed by atoms with Crippen LogP contribution in [0.4, 0.5) is 0 Å². The Morgan fingerprint density at radius 3 is 3.06 bits per heavy atom. The molecule has 1 aliphatic heterocycles.